The van der Waals surface area contributed by atoms with E-state index in [1.54, 1.807) is 18.2 Å². The average molecular weight is 497 g/mol. The minimum atomic E-state index is -3.83. The Kier molecular flexibility index (Phi) is 7.83. The molecule has 11 heteroatoms. The number of nitrogens with one attached hydrogen (secondary N) is 1. The largest absolute Gasteiger partial charge is 0.497 e. The predicted octanol–water partition coefficient (Wildman–Crippen LogP) is 3.33. The van der Waals surface area contributed by atoms with Gasteiger partial charge in [-0.25, -0.2) is 13.2 Å². The van der Waals surface area contributed by atoms with E-state index in [-0.39, 0.29) is 15.5 Å². The second-order valence-corrected chi connectivity index (χ2v) is 9.71. The quantitative estimate of drug-likeness (QED) is 0.558. The Morgan fingerprint density at radius 3 is 2.21 bits per heavy atom. The van der Waals surface area contributed by atoms with Crippen LogP contribution in [0.5, 0.6) is 11.5 Å². The summed E-state index contributed by atoms with van der Waals surface area (Å²) < 4.78 is 42.7. The van der Waals surface area contributed by atoms with E-state index in [2.05, 4.69) is 5.32 Å². The first kappa shape index (κ1) is 24.8. The smallest absolute Gasteiger partial charge is 0.338 e. The summed E-state index contributed by atoms with van der Waals surface area (Å²) in [7, 11) is -0.871. The number of sulfonamides is 1. The molecule has 0 radical (unpaired) electrons. The van der Waals surface area contributed by atoms with Crippen LogP contribution in [0.4, 0.5) is 5.69 Å². The second kappa shape index (κ2) is 10.4. The zero-order chi connectivity index (χ0) is 24.2. The number of anilines is 1. The van der Waals surface area contributed by atoms with Crippen LogP contribution in [0.2, 0.25) is 5.02 Å². The van der Waals surface area contributed by atoms with Crippen molar-refractivity contribution in [3.63, 3.8) is 0 Å². The lowest BCUT2D eigenvalue weighted by Crippen LogP contribution is -2.30. The number of esters is 1. The molecule has 1 saturated heterocycles. The fourth-order valence-electron chi connectivity index (χ4n) is 3.30. The van der Waals surface area contributed by atoms with Gasteiger partial charge in [0.2, 0.25) is 10.0 Å². The number of nitrogens with zero attached hydrogens (tertiary/aromatic N) is 1. The Morgan fingerprint density at radius 2 is 1.64 bits per heavy atom. The van der Waals surface area contributed by atoms with E-state index in [1.807, 2.05) is 0 Å². The van der Waals surface area contributed by atoms with Crippen molar-refractivity contribution in [1.82, 2.24) is 4.31 Å². The molecule has 0 aliphatic carbocycles. The third kappa shape index (κ3) is 5.76. The van der Waals surface area contributed by atoms with Gasteiger partial charge >= 0.3 is 5.97 Å². The summed E-state index contributed by atoms with van der Waals surface area (Å²) in [5.74, 6) is -0.489. The first-order valence-electron chi connectivity index (χ1n) is 10.2. The number of halogens is 1. The molecule has 9 nitrogen and oxygen atoms in total. The van der Waals surface area contributed by atoms with E-state index in [9.17, 15) is 18.0 Å². The highest BCUT2D eigenvalue weighted by molar-refractivity contribution is 7.89. The Bertz CT molecular complexity index is 1130. The molecule has 0 aromatic heterocycles. The first-order chi connectivity index (χ1) is 15.6. The van der Waals surface area contributed by atoms with Crippen LogP contribution in [0.15, 0.2) is 41.3 Å². The third-order valence-corrected chi connectivity index (χ3v) is 7.50. The fraction of sp³-hybridized carbons (Fsp3) is 0.364. The molecule has 2 aromatic rings. The Labute approximate surface area is 197 Å². The van der Waals surface area contributed by atoms with Crippen molar-refractivity contribution in [3.8, 4) is 11.5 Å². The minimum Gasteiger partial charge on any atom is -0.497 e. The third-order valence-electron chi connectivity index (χ3n) is 5.12. The summed E-state index contributed by atoms with van der Waals surface area (Å²) in [6.07, 6.45) is 0.373. The summed E-state index contributed by atoms with van der Waals surface area (Å²) in [5.41, 5.74) is 0.365. The number of benzene rings is 2. The van der Waals surface area contributed by atoms with Crippen LogP contribution >= 0.6 is 11.6 Å². The van der Waals surface area contributed by atoms with Crippen LogP contribution in [0.1, 0.15) is 30.1 Å². The number of methoxy groups -OCH3 is 2. The molecule has 1 amide bonds. The minimum absolute atomic E-state index is 0.0104. The number of rotatable bonds is 8. The molecule has 2 aromatic carbocycles. The maximum Gasteiger partial charge on any atom is 0.338 e. The normalized spacial score (nSPS) is 15.0. The van der Waals surface area contributed by atoms with Crippen molar-refractivity contribution >= 4 is 39.2 Å². The molecule has 33 heavy (non-hydrogen) atoms. The Balaban J connectivity index is 1.73. The molecule has 1 aliphatic rings. The van der Waals surface area contributed by atoms with Gasteiger partial charge in [0, 0.05) is 37.0 Å². The summed E-state index contributed by atoms with van der Waals surface area (Å²) >= 11 is 6.12. The van der Waals surface area contributed by atoms with E-state index >= 15 is 0 Å². The van der Waals surface area contributed by atoms with Crippen molar-refractivity contribution < 1.29 is 32.2 Å². The lowest BCUT2D eigenvalue weighted by atomic mass is 10.2. The molecule has 1 aliphatic heterocycles. The van der Waals surface area contributed by atoms with Crippen LogP contribution in [-0.4, -0.2) is 58.0 Å². The summed E-state index contributed by atoms with van der Waals surface area (Å²) in [6, 6.07) is 8.68. The zero-order valence-electron chi connectivity index (χ0n) is 18.5. The molecule has 1 heterocycles. The van der Waals surface area contributed by atoms with Gasteiger partial charge in [-0.05, 0) is 38.0 Å². The molecule has 0 spiro atoms. The molecule has 1 fully saturated rings. The number of ether oxygens (including phenoxy) is 3. The highest BCUT2D eigenvalue weighted by atomic mass is 35.5. The van der Waals surface area contributed by atoms with Crippen LogP contribution in [0.25, 0.3) is 0 Å². The highest BCUT2D eigenvalue weighted by Crippen LogP contribution is 2.29. The maximum absolute atomic E-state index is 12.9. The number of hydrogen-bond donors (Lipinski definition) is 1. The summed E-state index contributed by atoms with van der Waals surface area (Å²) in [5, 5.41) is 2.64. The van der Waals surface area contributed by atoms with Crippen molar-refractivity contribution in [2.75, 3.05) is 32.6 Å². The van der Waals surface area contributed by atoms with Gasteiger partial charge in [0.1, 0.15) is 16.4 Å². The molecule has 1 atom stereocenters. The van der Waals surface area contributed by atoms with Gasteiger partial charge in [0.05, 0.1) is 24.8 Å². The van der Waals surface area contributed by atoms with Gasteiger partial charge in [-0.2, -0.15) is 4.31 Å². The van der Waals surface area contributed by atoms with Gasteiger partial charge in [-0.3, -0.25) is 4.79 Å². The molecule has 1 unspecified atom stereocenters. The van der Waals surface area contributed by atoms with Gasteiger partial charge in [-0.15, -0.1) is 0 Å². The predicted molar refractivity (Wildman–Crippen MR) is 122 cm³/mol. The Hall–Kier alpha value is -2.82. The van der Waals surface area contributed by atoms with Crippen molar-refractivity contribution in [1.29, 1.82) is 0 Å². The zero-order valence-corrected chi connectivity index (χ0v) is 20.0. The topological polar surface area (TPSA) is 111 Å². The van der Waals surface area contributed by atoms with Crippen LogP contribution < -0.4 is 14.8 Å². The maximum atomic E-state index is 12.9. The van der Waals surface area contributed by atoms with E-state index in [1.165, 1.54) is 43.6 Å². The van der Waals surface area contributed by atoms with E-state index in [0.717, 1.165) is 12.8 Å². The van der Waals surface area contributed by atoms with Crippen molar-refractivity contribution in [2.45, 2.75) is 30.8 Å². The van der Waals surface area contributed by atoms with Crippen LogP contribution in [0, 0.1) is 0 Å². The summed E-state index contributed by atoms with van der Waals surface area (Å²) in [6.45, 7) is 2.21. The van der Waals surface area contributed by atoms with Crippen molar-refractivity contribution in [2.24, 2.45) is 0 Å². The first-order valence-corrected chi connectivity index (χ1v) is 12.0. The Morgan fingerprint density at radius 1 is 1.03 bits per heavy atom. The van der Waals surface area contributed by atoms with E-state index in [4.69, 9.17) is 25.8 Å². The molecule has 0 saturated carbocycles. The monoisotopic (exact) mass is 496 g/mol. The van der Waals surface area contributed by atoms with Gasteiger partial charge in [0.25, 0.3) is 5.91 Å². The van der Waals surface area contributed by atoms with Gasteiger partial charge in [0.15, 0.2) is 6.10 Å². The summed E-state index contributed by atoms with van der Waals surface area (Å²) in [4.78, 5) is 25.0. The molecular weight excluding hydrogens is 472 g/mol. The number of carbonyl (C=O) groups is 2. The lowest BCUT2D eigenvalue weighted by molar-refractivity contribution is -0.123. The molecule has 178 valence electrons. The van der Waals surface area contributed by atoms with Crippen molar-refractivity contribution in [3.05, 3.63) is 47.0 Å². The van der Waals surface area contributed by atoms with Gasteiger partial charge < -0.3 is 19.5 Å². The number of carbonyl (C=O) groups excluding carboxylic acids is 2. The second-order valence-electron chi connectivity index (χ2n) is 7.39. The number of hydrogen-bond acceptors (Lipinski definition) is 7. The standard InChI is InChI=1S/C22H25ClN2O7S/c1-14(21(26)24-16-11-17(30-2)13-18(12-16)31-3)32-22(27)15-6-7-19(23)20(10-15)33(28,29)25-8-4-5-9-25/h6-7,10-14H,4-5,8-9H2,1-3H3,(H,24,26). The van der Waals surface area contributed by atoms with E-state index < -0.39 is 28.0 Å². The lowest BCUT2D eigenvalue weighted by Gasteiger charge is -2.18. The fourth-order valence-corrected chi connectivity index (χ4v) is 5.32. The SMILES string of the molecule is COc1cc(NC(=O)C(C)OC(=O)c2ccc(Cl)c(S(=O)(=O)N3CCCC3)c2)cc(OC)c1. The molecular formula is C22H25ClN2O7S. The van der Waals surface area contributed by atoms with Crippen LogP contribution in [0.3, 0.4) is 0 Å². The number of amides is 1. The highest BCUT2D eigenvalue weighted by Gasteiger charge is 2.30. The average Bonchev–Trinajstić information content (AvgIpc) is 3.34. The van der Waals surface area contributed by atoms with E-state index in [0.29, 0.717) is 30.3 Å². The molecule has 3 rings (SSSR count). The van der Waals surface area contributed by atoms with Gasteiger partial charge in [-0.1, -0.05) is 11.6 Å². The molecule has 1 N–H and O–H groups in total. The molecule has 0 bridgehead atoms. The van der Waals surface area contributed by atoms with Crippen LogP contribution in [-0.2, 0) is 19.6 Å².